The van der Waals surface area contributed by atoms with E-state index in [0.29, 0.717) is 38.3 Å². The molecule has 0 saturated carbocycles. The van der Waals surface area contributed by atoms with Crippen LogP contribution in [0.1, 0.15) is 6.92 Å². The summed E-state index contributed by atoms with van der Waals surface area (Å²) >= 11 is 0. The summed E-state index contributed by atoms with van der Waals surface area (Å²) in [5.74, 6) is -0.917. The van der Waals surface area contributed by atoms with E-state index in [1.807, 2.05) is 4.90 Å². The van der Waals surface area contributed by atoms with Crippen LogP contribution in [0.5, 0.6) is 0 Å². The third-order valence-electron chi connectivity index (χ3n) is 2.79. The van der Waals surface area contributed by atoms with Crippen LogP contribution in [0.2, 0.25) is 0 Å². The number of carboxylic acids is 1. The predicted molar refractivity (Wildman–Crippen MR) is 64.2 cm³/mol. The number of carbonyl (C=O) groups is 1. The van der Waals surface area contributed by atoms with Crippen LogP contribution >= 0.6 is 0 Å². The van der Waals surface area contributed by atoms with Crippen molar-refractivity contribution in [2.75, 3.05) is 39.0 Å². The van der Waals surface area contributed by atoms with Crippen molar-refractivity contribution in [2.24, 2.45) is 0 Å². The van der Waals surface area contributed by atoms with Crippen molar-refractivity contribution in [1.82, 2.24) is 9.21 Å². The van der Waals surface area contributed by atoms with Gasteiger partial charge < -0.3 is 5.11 Å². The summed E-state index contributed by atoms with van der Waals surface area (Å²) in [6, 6.07) is 0. The average molecular weight is 262 g/mol. The molecule has 0 aliphatic carbocycles. The Morgan fingerprint density at radius 1 is 1.29 bits per heavy atom. The highest BCUT2D eigenvalue weighted by atomic mass is 32.2. The Morgan fingerprint density at radius 3 is 2.24 bits per heavy atom. The molecular formula is C10H18N2O4S. The Hall–Kier alpha value is -0.920. The Labute approximate surface area is 102 Å². The number of aliphatic carboxylic acids is 1. The van der Waals surface area contributed by atoms with E-state index in [0.717, 1.165) is 0 Å². The van der Waals surface area contributed by atoms with Crippen LogP contribution in [0.4, 0.5) is 0 Å². The highest BCUT2D eigenvalue weighted by molar-refractivity contribution is 7.88. The number of hydrogen-bond acceptors (Lipinski definition) is 4. The van der Waals surface area contributed by atoms with Crippen molar-refractivity contribution in [1.29, 1.82) is 0 Å². The average Bonchev–Trinajstić information content (AvgIpc) is 2.25. The van der Waals surface area contributed by atoms with Gasteiger partial charge in [-0.2, -0.15) is 4.31 Å². The summed E-state index contributed by atoms with van der Waals surface area (Å²) in [5.41, 5.74) is 0.315. The number of rotatable bonds is 4. The van der Waals surface area contributed by atoms with Crippen molar-refractivity contribution in [3.63, 3.8) is 0 Å². The quantitative estimate of drug-likeness (QED) is 0.697. The van der Waals surface area contributed by atoms with E-state index in [9.17, 15) is 13.2 Å². The second-order valence-electron chi connectivity index (χ2n) is 4.15. The van der Waals surface area contributed by atoms with E-state index >= 15 is 0 Å². The highest BCUT2D eigenvalue weighted by Crippen LogP contribution is 2.06. The summed E-state index contributed by atoms with van der Waals surface area (Å²) in [6.45, 7) is 4.31. The van der Waals surface area contributed by atoms with Crippen molar-refractivity contribution < 1.29 is 18.3 Å². The van der Waals surface area contributed by atoms with Gasteiger partial charge in [-0.15, -0.1) is 0 Å². The van der Waals surface area contributed by atoms with Gasteiger partial charge in [0.25, 0.3) is 0 Å². The maximum absolute atomic E-state index is 11.3. The molecule has 1 rings (SSSR count). The third kappa shape index (κ3) is 4.45. The first kappa shape index (κ1) is 14.1. The number of nitrogens with zero attached hydrogens (tertiary/aromatic N) is 2. The summed E-state index contributed by atoms with van der Waals surface area (Å²) in [7, 11) is -3.10. The molecule has 0 aromatic rings. The van der Waals surface area contributed by atoms with Crippen LogP contribution in [0.15, 0.2) is 11.6 Å². The first-order valence-corrected chi connectivity index (χ1v) is 7.23. The third-order valence-corrected chi connectivity index (χ3v) is 4.10. The SMILES string of the molecule is CC(=CCN1CCN(S(C)(=O)=O)CC1)C(=O)O. The van der Waals surface area contributed by atoms with Gasteiger partial charge in [-0.3, -0.25) is 4.90 Å². The number of hydrogen-bond donors (Lipinski definition) is 1. The normalized spacial score (nSPS) is 20.5. The monoisotopic (exact) mass is 262 g/mol. The summed E-state index contributed by atoms with van der Waals surface area (Å²) in [6.07, 6.45) is 2.86. The van der Waals surface area contributed by atoms with E-state index in [4.69, 9.17) is 5.11 Å². The lowest BCUT2D eigenvalue weighted by atomic mass is 10.2. The number of sulfonamides is 1. The van der Waals surface area contributed by atoms with E-state index in [1.54, 1.807) is 13.0 Å². The van der Waals surface area contributed by atoms with Gasteiger partial charge >= 0.3 is 5.97 Å². The lowest BCUT2D eigenvalue weighted by molar-refractivity contribution is -0.132. The molecule has 1 aliphatic heterocycles. The molecule has 0 atom stereocenters. The van der Waals surface area contributed by atoms with Crippen molar-refractivity contribution in [3.8, 4) is 0 Å². The fourth-order valence-electron chi connectivity index (χ4n) is 1.60. The lowest BCUT2D eigenvalue weighted by Gasteiger charge is -2.32. The molecule has 1 aliphatic rings. The van der Waals surface area contributed by atoms with Crippen LogP contribution in [-0.4, -0.2) is 67.7 Å². The zero-order valence-electron chi connectivity index (χ0n) is 10.1. The molecule has 98 valence electrons. The predicted octanol–water partition coefficient (Wildman–Crippen LogP) is -0.405. The van der Waals surface area contributed by atoms with Crippen LogP contribution < -0.4 is 0 Å². The van der Waals surface area contributed by atoms with E-state index < -0.39 is 16.0 Å². The van der Waals surface area contributed by atoms with E-state index in [1.165, 1.54) is 10.6 Å². The molecule has 1 heterocycles. The second kappa shape index (κ2) is 5.61. The van der Waals surface area contributed by atoms with Crippen LogP contribution in [0.25, 0.3) is 0 Å². The second-order valence-corrected chi connectivity index (χ2v) is 6.14. The minimum atomic E-state index is -3.10. The molecule has 1 fully saturated rings. The molecule has 0 spiro atoms. The van der Waals surface area contributed by atoms with Crippen molar-refractivity contribution in [2.45, 2.75) is 6.92 Å². The van der Waals surface area contributed by atoms with Crippen molar-refractivity contribution in [3.05, 3.63) is 11.6 Å². The molecule has 0 amide bonds. The molecule has 1 N–H and O–H groups in total. The minimum Gasteiger partial charge on any atom is -0.478 e. The number of carboxylic acid groups (broad SMARTS) is 1. The van der Waals surface area contributed by atoms with Gasteiger partial charge in [-0.25, -0.2) is 13.2 Å². The molecule has 17 heavy (non-hydrogen) atoms. The van der Waals surface area contributed by atoms with Gasteiger partial charge in [0.05, 0.1) is 6.26 Å². The Bertz CT molecular complexity index is 408. The molecular weight excluding hydrogens is 244 g/mol. The van der Waals surface area contributed by atoms with E-state index in [2.05, 4.69) is 0 Å². The summed E-state index contributed by atoms with van der Waals surface area (Å²) < 4.78 is 24.0. The fraction of sp³-hybridized carbons (Fsp3) is 0.700. The molecule has 0 aromatic heterocycles. The minimum absolute atomic E-state index is 0.315. The van der Waals surface area contributed by atoms with Gasteiger partial charge in [0.15, 0.2) is 0 Å². The maximum Gasteiger partial charge on any atom is 0.330 e. The Morgan fingerprint density at radius 2 is 1.82 bits per heavy atom. The van der Waals surface area contributed by atoms with Gasteiger partial charge in [0, 0.05) is 38.3 Å². The maximum atomic E-state index is 11.3. The molecule has 0 aromatic carbocycles. The standard InChI is InChI=1S/C10H18N2O4S/c1-9(10(13)14)3-4-11-5-7-12(8-6-11)17(2,15)16/h3H,4-8H2,1-2H3,(H,13,14). The first-order chi connectivity index (χ1) is 7.80. The first-order valence-electron chi connectivity index (χ1n) is 5.38. The van der Waals surface area contributed by atoms with Crippen LogP contribution in [0, 0.1) is 0 Å². The zero-order chi connectivity index (χ0) is 13.1. The molecule has 7 heteroatoms. The van der Waals surface area contributed by atoms with Gasteiger partial charge in [0.2, 0.25) is 10.0 Å². The summed E-state index contributed by atoms with van der Waals surface area (Å²) in [4.78, 5) is 12.6. The molecule has 1 saturated heterocycles. The Kier molecular flexibility index (Phi) is 4.67. The van der Waals surface area contributed by atoms with Gasteiger partial charge in [-0.05, 0) is 6.92 Å². The molecule has 6 nitrogen and oxygen atoms in total. The van der Waals surface area contributed by atoms with Crippen LogP contribution in [-0.2, 0) is 14.8 Å². The smallest absolute Gasteiger partial charge is 0.330 e. The highest BCUT2D eigenvalue weighted by Gasteiger charge is 2.22. The van der Waals surface area contributed by atoms with E-state index in [-0.39, 0.29) is 0 Å². The van der Waals surface area contributed by atoms with Crippen molar-refractivity contribution >= 4 is 16.0 Å². The van der Waals surface area contributed by atoms with Crippen LogP contribution in [0.3, 0.4) is 0 Å². The topological polar surface area (TPSA) is 77.9 Å². The largest absolute Gasteiger partial charge is 0.478 e. The van der Waals surface area contributed by atoms with Gasteiger partial charge in [-0.1, -0.05) is 6.08 Å². The lowest BCUT2D eigenvalue weighted by Crippen LogP contribution is -2.48. The molecule has 0 unspecified atom stereocenters. The zero-order valence-corrected chi connectivity index (χ0v) is 10.9. The van der Waals surface area contributed by atoms with Gasteiger partial charge in [0.1, 0.15) is 0 Å². The molecule has 0 radical (unpaired) electrons. The number of piperazine rings is 1. The summed E-state index contributed by atoms with van der Waals surface area (Å²) in [5, 5.41) is 8.69. The fourth-order valence-corrected chi connectivity index (χ4v) is 2.42. The Balaban J connectivity index is 2.43. The molecule has 0 bridgehead atoms.